The number of carbonyl (C=O) groups is 1. The maximum Gasteiger partial charge on any atom is 0.240 e. The molecule has 0 spiro atoms. The molecule has 1 fully saturated rings. The summed E-state index contributed by atoms with van der Waals surface area (Å²) in [5.74, 6) is 0.125. The van der Waals surface area contributed by atoms with Crippen molar-refractivity contribution in [3.63, 3.8) is 0 Å². The molecule has 0 aromatic heterocycles. The van der Waals surface area contributed by atoms with Gasteiger partial charge >= 0.3 is 0 Å². The number of ketones is 1. The van der Waals surface area contributed by atoms with Gasteiger partial charge in [-0.2, -0.15) is 0 Å². The van der Waals surface area contributed by atoms with Crippen LogP contribution in [0.3, 0.4) is 0 Å². The van der Waals surface area contributed by atoms with E-state index in [1.807, 2.05) is 6.92 Å². The van der Waals surface area contributed by atoms with E-state index < -0.39 is 10.0 Å². The van der Waals surface area contributed by atoms with E-state index in [1.165, 1.54) is 31.2 Å². The van der Waals surface area contributed by atoms with Gasteiger partial charge in [-0.15, -0.1) is 0 Å². The van der Waals surface area contributed by atoms with Crippen molar-refractivity contribution in [2.75, 3.05) is 13.2 Å². The summed E-state index contributed by atoms with van der Waals surface area (Å²) in [7, 11) is -3.53. The third-order valence-electron chi connectivity index (χ3n) is 3.64. The lowest BCUT2D eigenvalue weighted by atomic mass is 10.0. The molecule has 6 heteroatoms. The molecule has 1 aliphatic rings. The van der Waals surface area contributed by atoms with E-state index in [0.717, 1.165) is 6.42 Å². The summed E-state index contributed by atoms with van der Waals surface area (Å²) >= 11 is 0. The Morgan fingerprint density at radius 2 is 2.00 bits per heavy atom. The SMILES string of the molecule is CC(=O)c1ccc(S(=O)(=O)NCC2CCOC2C)cc1. The van der Waals surface area contributed by atoms with E-state index >= 15 is 0 Å². The summed E-state index contributed by atoms with van der Waals surface area (Å²) in [6, 6.07) is 5.96. The summed E-state index contributed by atoms with van der Waals surface area (Å²) in [6.07, 6.45) is 0.949. The molecule has 0 aliphatic carbocycles. The number of carbonyl (C=O) groups excluding carboxylic acids is 1. The van der Waals surface area contributed by atoms with Crippen LogP contribution < -0.4 is 4.72 Å². The maximum atomic E-state index is 12.1. The van der Waals surface area contributed by atoms with Crippen LogP contribution in [0.1, 0.15) is 30.6 Å². The first-order valence-electron chi connectivity index (χ1n) is 6.62. The molecule has 0 bridgehead atoms. The van der Waals surface area contributed by atoms with Crippen molar-refractivity contribution in [3.05, 3.63) is 29.8 Å². The van der Waals surface area contributed by atoms with Crippen molar-refractivity contribution >= 4 is 15.8 Å². The highest BCUT2D eigenvalue weighted by Gasteiger charge is 2.26. The predicted octanol–water partition coefficient (Wildman–Crippen LogP) is 1.59. The Morgan fingerprint density at radius 1 is 1.35 bits per heavy atom. The van der Waals surface area contributed by atoms with Gasteiger partial charge in [0.25, 0.3) is 0 Å². The van der Waals surface area contributed by atoms with Crippen LogP contribution >= 0.6 is 0 Å². The smallest absolute Gasteiger partial charge is 0.240 e. The molecule has 1 aromatic rings. The Labute approximate surface area is 119 Å². The predicted molar refractivity (Wildman–Crippen MR) is 75.2 cm³/mol. The Balaban J connectivity index is 2.04. The Morgan fingerprint density at radius 3 is 2.50 bits per heavy atom. The molecule has 1 saturated heterocycles. The molecule has 1 aliphatic heterocycles. The number of benzene rings is 1. The fourth-order valence-electron chi connectivity index (χ4n) is 2.21. The lowest BCUT2D eigenvalue weighted by Gasteiger charge is -2.15. The Kier molecular flexibility index (Phi) is 4.57. The number of sulfonamides is 1. The molecule has 0 amide bonds. The van der Waals surface area contributed by atoms with E-state index in [-0.39, 0.29) is 22.7 Å². The Hall–Kier alpha value is -1.24. The van der Waals surface area contributed by atoms with Crippen LogP contribution in [0.25, 0.3) is 0 Å². The maximum absolute atomic E-state index is 12.1. The molecule has 1 N–H and O–H groups in total. The molecule has 2 atom stereocenters. The van der Waals surface area contributed by atoms with Crippen LogP contribution in [0, 0.1) is 5.92 Å². The standard InChI is InChI=1S/C14H19NO4S/c1-10(16)12-3-5-14(6-4-12)20(17,18)15-9-13-7-8-19-11(13)2/h3-6,11,13,15H,7-9H2,1-2H3. The molecule has 110 valence electrons. The Bertz CT molecular complexity index is 580. The van der Waals surface area contributed by atoms with Gasteiger partial charge in [-0.3, -0.25) is 4.79 Å². The average Bonchev–Trinajstić information content (AvgIpc) is 2.82. The quantitative estimate of drug-likeness (QED) is 0.838. The second-order valence-corrected chi connectivity index (χ2v) is 6.82. The van der Waals surface area contributed by atoms with Crippen LogP contribution in [0.4, 0.5) is 0 Å². The molecule has 0 saturated carbocycles. The lowest BCUT2D eigenvalue weighted by molar-refractivity contribution is 0.101. The second kappa shape index (κ2) is 6.03. The van der Waals surface area contributed by atoms with Crippen molar-refractivity contribution < 1.29 is 17.9 Å². The summed E-state index contributed by atoms with van der Waals surface area (Å²) in [4.78, 5) is 11.3. The van der Waals surface area contributed by atoms with Gasteiger partial charge in [0.1, 0.15) is 0 Å². The third kappa shape index (κ3) is 3.45. The van der Waals surface area contributed by atoms with E-state index in [1.54, 1.807) is 0 Å². The minimum atomic E-state index is -3.53. The summed E-state index contributed by atoms with van der Waals surface area (Å²) in [5.41, 5.74) is 0.502. The largest absolute Gasteiger partial charge is 0.378 e. The monoisotopic (exact) mass is 297 g/mol. The molecular formula is C14H19NO4S. The molecule has 1 aromatic carbocycles. The van der Waals surface area contributed by atoms with Crippen LogP contribution in [-0.4, -0.2) is 33.5 Å². The minimum Gasteiger partial charge on any atom is -0.378 e. The molecule has 0 radical (unpaired) electrons. The van der Waals surface area contributed by atoms with Gasteiger partial charge in [-0.05, 0) is 32.4 Å². The molecular weight excluding hydrogens is 278 g/mol. The number of nitrogens with one attached hydrogen (secondary N) is 1. The highest BCUT2D eigenvalue weighted by Crippen LogP contribution is 2.20. The van der Waals surface area contributed by atoms with Crippen molar-refractivity contribution in [2.45, 2.75) is 31.3 Å². The number of ether oxygens (including phenoxy) is 1. The van der Waals surface area contributed by atoms with Crippen LogP contribution in [-0.2, 0) is 14.8 Å². The summed E-state index contributed by atoms with van der Waals surface area (Å²) < 4.78 is 32.3. The van der Waals surface area contributed by atoms with Crippen LogP contribution in [0.15, 0.2) is 29.2 Å². The molecule has 1 heterocycles. The molecule has 20 heavy (non-hydrogen) atoms. The molecule has 2 rings (SSSR count). The van der Waals surface area contributed by atoms with E-state index in [9.17, 15) is 13.2 Å². The second-order valence-electron chi connectivity index (χ2n) is 5.06. The van der Waals surface area contributed by atoms with E-state index in [2.05, 4.69) is 4.72 Å². The first kappa shape index (κ1) is 15.2. The molecule has 5 nitrogen and oxygen atoms in total. The first-order chi connectivity index (χ1) is 9.40. The van der Waals surface area contributed by atoms with E-state index in [0.29, 0.717) is 18.7 Å². The van der Waals surface area contributed by atoms with Crippen molar-refractivity contribution in [1.82, 2.24) is 4.72 Å². The van der Waals surface area contributed by atoms with Crippen LogP contribution in [0.2, 0.25) is 0 Å². The van der Waals surface area contributed by atoms with Gasteiger partial charge in [0.15, 0.2) is 5.78 Å². The number of Topliss-reactive ketones (excluding diaryl/α,β-unsaturated/α-hetero) is 1. The van der Waals surface area contributed by atoms with Gasteiger partial charge in [-0.25, -0.2) is 13.1 Å². The lowest BCUT2D eigenvalue weighted by Crippen LogP contribution is -2.32. The number of hydrogen-bond acceptors (Lipinski definition) is 4. The zero-order valence-corrected chi connectivity index (χ0v) is 12.4. The highest BCUT2D eigenvalue weighted by atomic mass is 32.2. The minimum absolute atomic E-state index is 0.0813. The summed E-state index contributed by atoms with van der Waals surface area (Å²) in [6.45, 7) is 4.45. The third-order valence-corrected chi connectivity index (χ3v) is 5.08. The fourth-order valence-corrected chi connectivity index (χ4v) is 3.31. The van der Waals surface area contributed by atoms with Gasteiger partial charge in [0.05, 0.1) is 11.0 Å². The first-order valence-corrected chi connectivity index (χ1v) is 8.11. The normalized spacial score (nSPS) is 22.9. The fraction of sp³-hybridized carbons (Fsp3) is 0.500. The van der Waals surface area contributed by atoms with Gasteiger partial charge < -0.3 is 4.74 Å². The highest BCUT2D eigenvalue weighted by molar-refractivity contribution is 7.89. The van der Waals surface area contributed by atoms with Gasteiger partial charge in [0, 0.05) is 24.6 Å². The topological polar surface area (TPSA) is 72.5 Å². The van der Waals surface area contributed by atoms with Crippen molar-refractivity contribution in [1.29, 1.82) is 0 Å². The number of rotatable bonds is 5. The van der Waals surface area contributed by atoms with Crippen LogP contribution in [0.5, 0.6) is 0 Å². The van der Waals surface area contributed by atoms with E-state index in [4.69, 9.17) is 4.74 Å². The number of hydrogen-bond donors (Lipinski definition) is 1. The van der Waals surface area contributed by atoms with Crippen molar-refractivity contribution in [2.24, 2.45) is 5.92 Å². The zero-order valence-electron chi connectivity index (χ0n) is 11.6. The molecule has 2 unspecified atom stereocenters. The van der Waals surface area contributed by atoms with Gasteiger partial charge in [-0.1, -0.05) is 12.1 Å². The van der Waals surface area contributed by atoms with Crippen molar-refractivity contribution in [3.8, 4) is 0 Å². The average molecular weight is 297 g/mol. The van der Waals surface area contributed by atoms with Gasteiger partial charge in [0.2, 0.25) is 10.0 Å². The zero-order chi connectivity index (χ0) is 14.8. The summed E-state index contributed by atoms with van der Waals surface area (Å²) in [5, 5.41) is 0.